The molecule has 0 aromatic carbocycles. The molecule has 3 nitrogen and oxygen atoms in total. The van der Waals surface area contributed by atoms with Gasteiger partial charge in [-0.2, -0.15) is 5.10 Å². The summed E-state index contributed by atoms with van der Waals surface area (Å²) < 4.78 is 0. The number of nitrogens with zero attached hydrogens (tertiary/aromatic N) is 1. The largest absolute Gasteiger partial charge is 0.325 e. The monoisotopic (exact) mass is 193 g/mol. The van der Waals surface area contributed by atoms with Crippen molar-refractivity contribution in [1.29, 1.82) is 0 Å². The second-order valence-corrected chi connectivity index (χ2v) is 2.99. The fraction of sp³-hybridized carbons (Fsp3) is 0.364. The zero-order chi connectivity index (χ0) is 11.0. The van der Waals surface area contributed by atoms with Crippen LogP contribution in [0.25, 0.3) is 0 Å². The van der Waals surface area contributed by atoms with Crippen LogP contribution in [0.1, 0.15) is 13.8 Å². The van der Waals surface area contributed by atoms with Crippen LogP contribution in [0.3, 0.4) is 0 Å². The van der Waals surface area contributed by atoms with Gasteiger partial charge in [0, 0.05) is 13.6 Å². The van der Waals surface area contributed by atoms with Crippen LogP contribution in [0.4, 0.5) is 0 Å². The minimum Gasteiger partial charge on any atom is -0.325 e. The summed E-state index contributed by atoms with van der Waals surface area (Å²) in [5.74, 6) is 0. The highest BCUT2D eigenvalue weighted by Crippen LogP contribution is 2.07. The molecule has 78 valence electrons. The van der Waals surface area contributed by atoms with Gasteiger partial charge in [0.05, 0.1) is 5.71 Å². The first-order chi connectivity index (χ1) is 6.67. The van der Waals surface area contributed by atoms with Gasteiger partial charge < -0.3 is 11.2 Å². The summed E-state index contributed by atoms with van der Waals surface area (Å²) in [6.45, 7) is 8.11. The summed E-state index contributed by atoms with van der Waals surface area (Å²) >= 11 is 0. The number of hydrazone groups is 1. The molecule has 0 aliphatic carbocycles. The van der Waals surface area contributed by atoms with Crippen LogP contribution in [0.15, 0.2) is 41.1 Å². The number of rotatable bonds is 5. The van der Waals surface area contributed by atoms with Crippen molar-refractivity contribution in [2.75, 3.05) is 13.6 Å². The normalized spacial score (nSPS) is 11.6. The Hall–Kier alpha value is -1.35. The first-order valence-corrected chi connectivity index (χ1v) is 4.57. The number of hydrogen-bond donors (Lipinski definition) is 2. The molecule has 0 rings (SSSR count). The zero-order valence-corrected chi connectivity index (χ0v) is 9.17. The van der Waals surface area contributed by atoms with E-state index in [0.29, 0.717) is 6.54 Å². The van der Waals surface area contributed by atoms with E-state index in [-0.39, 0.29) is 0 Å². The molecule has 14 heavy (non-hydrogen) atoms. The third kappa shape index (κ3) is 4.05. The van der Waals surface area contributed by atoms with Crippen molar-refractivity contribution in [3.05, 3.63) is 36.0 Å². The molecular formula is C11H19N3. The van der Waals surface area contributed by atoms with Gasteiger partial charge >= 0.3 is 0 Å². The maximum atomic E-state index is 5.60. The first-order valence-electron chi connectivity index (χ1n) is 4.57. The molecule has 0 atom stereocenters. The molecule has 3 N–H and O–H groups in total. The maximum Gasteiger partial charge on any atom is 0.0810 e. The van der Waals surface area contributed by atoms with Gasteiger partial charge in [0.15, 0.2) is 0 Å². The van der Waals surface area contributed by atoms with E-state index >= 15 is 0 Å². The van der Waals surface area contributed by atoms with Gasteiger partial charge in [0.1, 0.15) is 0 Å². The summed E-state index contributed by atoms with van der Waals surface area (Å²) in [7, 11) is 1.76. The van der Waals surface area contributed by atoms with Gasteiger partial charge in [-0.1, -0.05) is 30.4 Å². The third-order valence-corrected chi connectivity index (χ3v) is 1.69. The summed E-state index contributed by atoms with van der Waals surface area (Å²) in [5, 5.41) is 4.12. The third-order valence-electron chi connectivity index (χ3n) is 1.69. The van der Waals surface area contributed by atoms with Crippen LogP contribution < -0.4 is 11.2 Å². The standard InChI is InChI=1S/C11H19N3/c1-5-6-7-10(9(2)3)11(8-12)14-13-4/h5-7,13H,1,8,12H2,2-4H3/b7-6-,14-11-. The van der Waals surface area contributed by atoms with Crippen molar-refractivity contribution in [3.63, 3.8) is 0 Å². The summed E-state index contributed by atoms with van der Waals surface area (Å²) in [5.41, 5.74) is 11.4. The highest BCUT2D eigenvalue weighted by molar-refractivity contribution is 6.04. The van der Waals surface area contributed by atoms with Crippen LogP contribution >= 0.6 is 0 Å². The Labute approximate surface area is 86.1 Å². The molecule has 0 bridgehead atoms. The number of nitrogens with one attached hydrogen (secondary N) is 1. The van der Waals surface area contributed by atoms with E-state index in [2.05, 4.69) is 17.1 Å². The van der Waals surface area contributed by atoms with Gasteiger partial charge in [-0.25, -0.2) is 0 Å². The molecule has 0 aliphatic rings. The predicted octanol–water partition coefficient (Wildman–Crippen LogP) is 1.60. The Morgan fingerprint density at radius 2 is 2.14 bits per heavy atom. The van der Waals surface area contributed by atoms with Crippen molar-refractivity contribution in [2.45, 2.75) is 13.8 Å². The lowest BCUT2D eigenvalue weighted by Gasteiger charge is -2.06. The van der Waals surface area contributed by atoms with E-state index in [4.69, 9.17) is 5.73 Å². The van der Waals surface area contributed by atoms with Crippen molar-refractivity contribution in [1.82, 2.24) is 5.43 Å². The molecule has 0 radical (unpaired) electrons. The molecule has 0 saturated carbocycles. The van der Waals surface area contributed by atoms with E-state index in [9.17, 15) is 0 Å². The number of nitrogens with two attached hydrogens (primary N) is 1. The lowest BCUT2D eigenvalue weighted by molar-refractivity contribution is 0.894. The molecule has 0 amide bonds. The van der Waals surface area contributed by atoms with Gasteiger partial charge in [0.2, 0.25) is 0 Å². The van der Waals surface area contributed by atoms with Gasteiger partial charge in [-0.3, -0.25) is 0 Å². The minimum absolute atomic E-state index is 0.419. The van der Waals surface area contributed by atoms with Crippen LogP contribution in [-0.2, 0) is 0 Å². The average molecular weight is 193 g/mol. The molecule has 0 fully saturated rings. The van der Waals surface area contributed by atoms with E-state index < -0.39 is 0 Å². The van der Waals surface area contributed by atoms with E-state index in [0.717, 1.165) is 11.3 Å². The van der Waals surface area contributed by atoms with Crippen molar-refractivity contribution < 1.29 is 0 Å². The highest BCUT2D eigenvalue weighted by atomic mass is 15.3. The Kier molecular flexibility index (Phi) is 6.41. The number of hydrogen-bond acceptors (Lipinski definition) is 3. The van der Waals surface area contributed by atoms with Crippen LogP contribution in [0.2, 0.25) is 0 Å². The Morgan fingerprint density at radius 3 is 2.50 bits per heavy atom. The lowest BCUT2D eigenvalue weighted by Crippen LogP contribution is -2.19. The molecule has 0 aromatic rings. The van der Waals surface area contributed by atoms with Crippen molar-refractivity contribution in [2.24, 2.45) is 10.8 Å². The van der Waals surface area contributed by atoms with Gasteiger partial charge in [0.25, 0.3) is 0 Å². The van der Waals surface area contributed by atoms with Gasteiger partial charge in [-0.15, -0.1) is 0 Å². The molecule has 0 unspecified atom stereocenters. The topological polar surface area (TPSA) is 50.4 Å². The Morgan fingerprint density at radius 1 is 1.50 bits per heavy atom. The van der Waals surface area contributed by atoms with Crippen LogP contribution in [-0.4, -0.2) is 19.3 Å². The summed E-state index contributed by atoms with van der Waals surface area (Å²) in [4.78, 5) is 0. The van der Waals surface area contributed by atoms with Crippen LogP contribution in [0.5, 0.6) is 0 Å². The fourth-order valence-electron chi connectivity index (χ4n) is 1.07. The van der Waals surface area contributed by atoms with E-state index in [1.165, 1.54) is 5.57 Å². The number of allylic oxidation sites excluding steroid dienone is 4. The zero-order valence-electron chi connectivity index (χ0n) is 9.17. The SMILES string of the molecule is C=C/C=C\C(=C(C)C)/C(CN)=N\NC. The molecular weight excluding hydrogens is 174 g/mol. The van der Waals surface area contributed by atoms with E-state index in [1.54, 1.807) is 13.1 Å². The molecule has 0 saturated heterocycles. The first kappa shape index (κ1) is 12.7. The van der Waals surface area contributed by atoms with Crippen molar-refractivity contribution >= 4 is 5.71 Å². The maximum absolute atomic E-state index is 5.60. The lowest BCUT2D eigenvalue weighted by atomic mass is 10.1. The summed E-state index contributed by atoms with van der Waals surface area (Å²) in [6.07, 6.45) is 5.57. The second-order valence-electron chi connectivity index (χ2n) is 2.99. The molecule has 0 spiro atoms. The summed E-state index contributed by atoms with van der Waals surface area (Å²) in [6, 6.07) is 0. The highest BCUT2D eigenvalue weighted by Gasteiger charge is 2.03. The average Bonchev–Trinajstić information content (AvgIpc) is 2.16. The fourth-order valence-corrected chi connectivity index (χ4v) is 1.07. The molecule has 0 aliphatic heterocycles. The minimum atomic E-state index is 0.419. The predicted molar refractivity (Wildman–Crippen MR) is 63.3 cm³/mol. The second kappa shape index (κ2) is 7.09. The molecule has 0 aromatic heterocycles. The van der Waals surface area contributed by atoms with Gasteiger partial charge in [-0.05, 0) is 19.4 Å². The van der Waals surface area contributed by atoms with Crippen LogP contribution in [0, 0.1) is 0 Å². The van der Waals surface area contributed by atoms with E-state index in [1.807, 2.05) is 26.0 Å². The molecule has 3 heteroatoms. The van der Waals surface area contributed by atoms with Crippen molar-refractivity contribution in [3.8, 4) is 0 Å². The smallest absolute Gasteiger partial charge is 0.0810 e. The Balaban J connectivity index is 5.01. The quantitative estimate of drug-likeness (QED) is 0.396. The molecule has 0 heterocycles. The Bertz CT molecular complexity index is 268.